The van der Waals surface area contributed by atoms with Crippen LogP contribution in [0, 0.1) is 18.3 Å². The first-order chi connectivity index (χ1) is 10.1. The molecule has 21 heavy (non-hydrogen) atoms. The van der Waals surface area contributed by atoms with Crippen LogP contribution in [0.2, 0.25) is 0 Å². The van der Waals surface area contributed by atoms with Gasteiger partial charge in [-0.2, -0.15) is 5.26 Å². The van der Waals surface area contributed by atoms with Gasteiger partial charge in [0.05, 0.1) is 11.4 Å². The van der Waals surface area contributed by atoms with Gasteiger partial charge < -0.3 is 10.1 Å². The Morgan fingerprint density at radius 1 is 1.43 bits per heavy atom. The molecule has 6 heteroatoms. The first-order valence-electron chi connectivity index (χ1n) is 6.26. The van der Waals surface area contributed by atoms with E-state index in [2.05, 4.69) is 15.3 Å². The van der Waals surface area contributed by atoms with Crippen LogP contribution in [-0.2, 0) is 9.53 Å². The van der Waals surface area contributed by atoms with E-state index in [-0.39, 0.29) is 18.2 Å². The minimum Gasteiger partial charge on any atom is -0.375 e. The Labute approximate surface area is 122 Å². The van der Waals surface area contributed by atoms with Crippen molar-refractivity contribution in [3.05, 3.63) is 41.9 Å². The van der Waals surface area contributed by atoms with Crippen molar-refractivity contribution >= 4 is 11.6 Å². The summed E-state index contributed by atoms with van der Waals surface area (Å²) in [6, 6.07) is 7.30. The van der Waals surface area contributed by atoms with E-state index in [1.807, 2.05) is 19.1 Å². The van der Waals surface area contributed by atoms with Crippen LogP contribution in [0.3, 0.4) is 0 Å². The van der Waals surface area contributed by atoms with E-state index in [9.17, 15) is 10.1 Å². The lowest BCUT2D eigenvalue weighted by Gasteiger charge is -2.08. The van der Waals surface area contributed by atoms with Crippen LogP contribution in [0.25, 0.3) is 11.3 Å². The zero-order valence-corrected chi connectivity index (χ0v) is 11.8. The van der Waals surface area contributed by atoms with E-state index < -0.39 is 0 Å². The number of nitrogens with zero attached hydrogens (tertiary/aromatic N) is 3. The molecule has 1 amide bonds. The predicted molar refractivity (Wildman–Crippen MR) is 77.4 cm³/mol. The summed E-state index contributed by atoms with van der Waals surface area (Å²) in [4.78, 5) is 19.9. The molecule has 2 aromatic rings. The lowest BCUT2D eigenvalue weighted by atomic mass is 10.1. The molecule has 0 bridgehead atoms. The second-order valence-electron chi connectivity index (χ2n) is 4.44. The zero-order valence-electron chi connectivity index (χ0n) is 11.8. The number of hydrogen-bond donors (Lipinski definition) is 1. The van der Waals surface area contributed by atoms with Crippen molar-refractivity contribution < 1.29 is 9.53 Å². The summed E-state index contributed by atoms with van der Waals surface area (Å²) in [5.74, 6) is -0.333. The highest BCUT2D eigenvalue weighted by molar-refractivity contribution is 5.92. The highest BCUT2D eigenvalue weighted by Crippen LogP contribution is 2.21. The molecule has 0 radical (unpaired) electrons. The van der Waals surface area contributed by atoms with Gasteiger partial charge in [0.15, 0.2) is 5.69 Å². The zero-order chi connectivity index (χ0) is 15.2. The van der Waals surface area contributed by atoms with Crippen LogP contribution in [0.4, 0.5) is 5.69 Å². The largest absolute Gasteiger partial charge is 0.375 e. The smallest absolute Gasteiger partial charge is 0.250 e. The molecule has 0 saturated carbocycles. The summed E-state index contributed by atoms with van der Waals surface area (Å²) in [7, 11) is 1.43. The van der Waals surface area contributed by atoms with E-state index in [1.54, 1.807) is 24.5 Å². The molecular weight excluding hydrogens is 268 g/mol. The maximum absolute atomic E-state index is 11.5. The topological polar surface area (TPSA) is 87.9 Å². The van der Waals surface area contributed by atoms with Crippen molar-refractivity contribution in [2.75, 3.05) is 19.0 Å². The molecule has 0 spiro atoms. The van der Waals surface area contributed by atoms with Crippen LogP contribution in [0.1, 0.15) is 11.3 Å². The van der Waals surface area contributed by atoms with Crippen LogP contribution in [0.15, 0.2) is 30.6 Å². The lowest BCUT2D eigenvalue weighted by molar-refractivity contribution is -0.119. The fraction of sp³-hybridized carbons (Fsp3) is 0.200. The molecule has 6 nitrogen and oxygen atoms in total. The molecule has 0 aliphatic rings. The molecule has 2 rings (SSSR count). The molecule has 2 heterocycles. The van der Waals surface area contributed by atoms with Crippen LogP contribution < -0.4 is 5.32 Å². The Balaban J connectivity index is 2.33. The van der Waals surface area contributed by atoms with Crippen molar-refractivity contribution in [2.24, 2.45) is 0 Å². The van der Waals surface area contributed by atoms with E-state index >= 15 is 0 Å². The van der Waals surface area contributed by atoms with Crippen LogP contribution >= 0.6 is 0 Å². The third kappa shape index (κ3) is 3.61. The standard InChI is InChI=1S/C15H14N4O2/c1-10-5-11(8-17-7-10)12-3-4-13(14(6-16)18-12)19-15(20)9-21-2/h3-5,7-8H,9H2,1-2H3,(H,19,20). The van der Waals surface area contributed by atoms with E-state index in [0.717, 1.165) is 11.1 Å². The maximum Gasteiger partial charge on any atom is 0.250 e. The lowest BCUT2D eigenvalue weighted by Crippen LogP contribution is -2.18. The second kappa shape index (κ2) is 6.59. The van der Waals surface area contributed by atoms with Crippen LogP contribution in [0.5, 0.6) is 0 Å². The maximum atomic E-state index is 11.5. The molecule has 2 aromatic heterocycles. The van der Waals surface area contributed by atoms with Crippen molar-refractivity contribution in [1.29, 1.82) is 5.26 Å². The number of amides is 1. The number of methoxy groups -OCH3 is 1. The first-order valence-corrected chi connectivity index (χ1v) is 6.26. The number of nitrogens with one attached hydrogen (secondary N) is 1. The number of nitriles is 1. The van der Waals surface area contributed by atoms with Gasteiger partial charge in [-0.25, -0.2) is 4.98 Å². The van der Waals surface area contributed by atoms with E-state index in [1.165, 1.54) is 7.11 Å². The van der Waals surface area contributed by atoms with E-state index in [0.29, 0.717) is 11.4 Å². The van der Waals surface area contributed by atoms with Crippen molar-refractivity contribution in [2.45, 2.75) is 6.92 Å². The Bertz CT molecular complexity index is 707. The summed E-state index contributed by atoms with van der Waals surface area (Å²) in [6.45, 7) is 1.86. The van der Waals surface area contributed by atoms with Crippen LogP contribution in [-0.4, -0.2) is 29.6 Å². The number of rotatable bonds is 4. The molecule has 0 aliphatic carbocycles. The van der Waals surface area contributed by atoms with Gasteiger partial charge in [-0.05, 0) is 30.7 Å². The third-order valence-electron chi connectivity index (χ3n) is 2.72. The Kier molecular flexibility index (Phi) is 4.59. The predicted octanol–water partition coefficient (Wildman–Crippen LogP) is 1.91. The van der Waals surface area contributed by atoms with Gasteiger partial charge in [0, 0.05) is 25.1 Å². The Morgan fingerprint density at radius 3 is 2.90 bits per heavy atom. The highest BCUT2D eigenvalue weighted by Gasteiger charge is 2.10. The average molecular weight is 282 g/mol. The number of carbonyl (C=O) groups is 1. The minimum atomic E-state index is -0.333. The normalized spacial score (nSPS) is 9.95. The number of aromatic nitrogens is 2. The monoisotopic (exact) mass is 282 g/mol. The summed E-state index contributed by atoms with van der Waals surface area (Å²) in [6.07, 6.45) is 3.42. The van der Waals surface area contributed by atoms with Gasteiger partial charge >= 0.3 is 0 Å². The molecule has 0 fully saturated rings. The molecule has 0 saturated heterocycles. The molecular formula is C15H14N4O2. The summed E-state index contributed by atoms with van der Waals surface area (Å²) in [5.41, 5.74) is 2.97. The number of aryl methyl sites for hydroxylation is 1. The molecule has 0 unspecified atom stereocenters. The number of anilines is 1. The van der Waals surface area contributed by atoms with Gasteiger partial charge in [-0.15, -0.1) is 0 Å². The van der Waals surface area contributed by atoms with Crippen molar-refractivity contribution in [1.82, 2.24) is 9.97 Å². The summed E-state index contributed by atoms with van der Waals surface area (Å²) >= 11 is 0. The number of carbonyl (C=O) groups excluding carboxylic acids is 1. The minimum absolute atomic E-state index is 0.0750. The van der Waals surface area contributed by atoms with Gasteiger partial charge in [-0.1, -0.05) is 0 Å². The van der Waals surface area contributed by atoms with Gasteiger partial charge in [0.25, 0.3) is 0 Å². The number of ether oxygens (including phenoxy) is 1. The molecule has 0 atom stereocenters. The number of pyridine rings is 2. The first kappa shape index (κ1) is 14.6. The second-order valence-corrected chi connectivity index (χ2v) is 4.44. The number of hydrogen-bond acceptors (Lipinski definition) is 5. The van der Waals surface area contributed by atoms with Gasteiger partial charge in [0.1, 0.15) is 12.7 Å². The van der Waals surface area contributed by atoms with E-state index in [4.69, 9.17) is 4.74 Å². The Hall–Kier alpha value is -2.78. The van der Waals surface area contributed by atoms with Gasteiger partial charge in [-0.3, -0.25) is 9.78 Å². The van der Waals surface area contributed by atoms with Crippen molar-refractivity contribution in [3.8, 4) is 17.3 Å². The fourth-order valence-electron chi connectivity index (χ4n) is 1.82. The fourth-order valence-corrected chi connectivity index (χ4v) is 1.82. The molecule has 0 aromatic carbocycles. The summed E-state index contributed by atoms with van der Waals surface area (Å²) in [5, 5.41) is 11.8. The van der Waals surface area contributed by atoms with Gasteiger partial charge in [0.2, 0.25) is 5.91 Å². The summed E-state index contributed by atoms with van der Waals surface area (Å²) < 4.78 is 4.73. The average Bonchev–Trinajstić information content (AvgIpc) is 2.48. The highest BCUT2D eigenvalue weighted by atomic mass is 16.5. The third-order valence-corrected chi connectivity index (χ3v) is 2.72. The SMILES string of the molecule is COCC(=O)Nc1ccc(-c2cncc(C)c2)nc1C#N. The molecule has 0 aliphatic heterocycles. The molecule has 1 N–H and O–H groups in total. The van der Waals surface area contributed by atoms with Crippen molar-refractivity contribution in [3.63, 3.8) is 0 Å². The Morgan fingerprint density at radius 2 is 2.24 bits per heavy atom. The quantitative estimate of drug-likeness (QED) is 0.925. The molecule has 106 valence electrons.